The van der Waals surface area contributed by atoms with E-state index in [-0.39, 0.29) is 4.90 Å². The molecular weight excluding hydrogens is 308 g/mol. The van der Waals surface area contributed by atoms with Crippen LogP contribution in [0.2, 0.25) is 0 Å². The Hall–Kier alpha value is -1.52. The number of hydrogen-bond donors (Lipinski definition) is 0. The van der Waals surface area contributed by atoms with Crippen LogP contribution in [0.3, 0.4) is 0 Å². The van der Waals surface area contributed by atoms with Crippen molar-refractivity contribution >= 4 is 21.4 Å². The fraction of sp³-hybridized carbons (Fsp3) is 0.250. The van der Waals surface area contributed by atoms with E-state index in [1.54, 1.807) is 18.2 Å². The van der Waals surface area contributed by atoms with E-state index in [0.29, 0.717) is 6.61 Å². The third-order valence-corrected chi connectivity index (χ3v) is 4.68. The van der Waals surface area contributed by atoms with Crippen LogP contribution in [0.15, 0.2) is 53.4 Å². The largest absolute Gasteiger partial charge is 0.494 e. The number of sulfone groups is 1. The second-order valence-electron chi connectivity index (χ2n) is 4.71. The lowest BCUT2D eigenvalue weighted by atomic mass is 10.0. The third-order valence-electron chi connectivity index (χ3n) is 3.06. The van der Waals surface area contributed by atoms with Gasteiger partial charge in [0.25, 0.3) is 0 Å². The summed E-state index contributed by atoms with van der Waals surface area (Å²) >= 11 is 6.45. The maximum atomic E-state index is 11.6. The van der Waals surface area contributed by atoms with Crippen molar-refractivity contribution in [3.05, 3.63) is 59.7 Å². The van der Waals surface area contributed by atoms with E-state index < -0.39 is 15.2 Å². The zero-order chi connectivity index (χ0) is 15.5. The van der Waals surface area contributed by atoms with Gasteiger partial charge in [-0.25, -0.2) is 8.42 Å². The molecule has 2 aromatic rings. The van der Waals surface area contributed by atoms with Crippen LogP contribution in [-0.2, 0) is 9.84 Å². The van der Waals surface area contributed by atoms with Crippen molar-refractivity contribution in [1.82, 2.24) is 0 Å². The zero-order valence-corrected chi connectivity index (χ0v) is 13.5. The fourth-order valence-electron chi connectivity index (χ4n) is 1.99. The maximum Gasteiger partial charge on any atom is 0.175 e. The highest BCUT2D eigenvalue weighted by molar-refractivity contribution is 7.90. The van der Waals surface area contributed by atoms with Crippen molar-refractivity contribution in [2.45, 2.75) is 17.2 Å². The van der Waals surface area contributed by atoms with Gasteiger partial charge in [0.2, 0.25) is 0 Å². The van der Waals surface area contributed by atoms with E-state index in [1.807, 2.05) is 37.3 Å². The molecule has 0 aliphatic rings. The molecule has 0 saturated heterocycles. The average Bonchev–Trinajstić information content (AvgIpc) is 2.47. The molecule has 21 heavy (non-hydrogen) atoms. The molecular formula is C16H17ClO3S. The molecule has 5 heteroatoms. The van der Waals surface area contributed by atoms with Crippen LogP contribution < -0.4 is 4.74 Å². The van der Waals surface area contributed by atoms with Crippen molar-refractivity contribution in [2.24, 2.45) is 0 Å². The molecule has 2 rings (SSSR count). The van der Waals surface area contributed by atoms with E-state index >= 15 is 0 Å². The van der Waals surface area contributed by atoms with E-state index in [0.717, 1.165) is 16.9 Å². The molecule has 0 aromatic heterocycles. The standard InChI is InChI=1S/C16H17ClO3S/c1-3-20-14-9-7-12(8-10-14)16(17)13-5-4-6-15(11-13)21(2,18)19/h4-11,16H,3H2,1-2H3. The summed E-state index contributed by atoms with van der Waals surface area (Å²) in [6.07, 6.45) is 1.19. The summed E-state index contributed by atoms with van der Waals surface area (Å²) in [6, 6.07) is 14.2. The minimum atomic E-state index is -3.23. The first-order chi connectivity index (χ1) is 9.91. The molecule has 0 aliphatic heterocycles. The van der Waals surface area contributed by atoms with E-state index in [9.17, 15) is 8.42 Å². The minimum absolute atomic E-state index is 0.275. The normalized spacial score (nSPS) is 12.9. The molecule has 0 N–H and O–H groups in total. The van der Waals surface area contributed by atoms with Crippen LogP contribution in [0, 0.1) is 0 Å². The summed E-state index contributed by atoms with van der Waals surface area (Å²) in [4.78, 5) is 0.275. The average molecular weight is 325 g/mol. The Morgan fingerprint density at radius 2 is 1.76 bits per heavy atom. The molecule has 112 valence electrons. The van der Waals surface area contributed by atoms with Gasteiger partial charge in [0.1, 0.15) is 5.75 Å². The van der Waals surface area contributed by atoms with Gasteiger partial charge in [0.05, 0.1) is 16.9 Å². The SMILES string of the molecule is CCOc1ccc(C(Cl)c2cccc(S(C)(=O)=O)c2)cc1. The molecule has 0 amide bonds. The summed E-state index contributed by atoms with van der Waals surface area (Å²) in [5, 5.41) is -0.401. The Balaban J connectivity index is 2.29. The van der Waals surface area contributed by atoms with Gasteiger partial charge in [-0.3, -0.25) is 0 Å². The van der Waals surface area contributed by atoms with E-state index in [1.165, 1.54) is 6.26 Å². The molecule has 2 aromatic carbocycles. The molecule has 3 nitrogen and oxygen atoms in total. The first-order valence-electron chi connectivity index (χ1n) is 6.58. The molecule has 0 radical (unpaired) electrons. The van der Waals surface area contributed by atoms with Crippen LogP contribution in [0.4, 0.5) is 0 Å². The van der Waals surface area contributed by atoms with Crippen LogP contribution in [0.25, 0.3) is 0 Å². The van der Waals surface area contributed by atoms with Crippen molar-refractivity contribution in [3.63, 3.8) is 0 Å². The number of hydrogen-bond acceptors (Lipinski definition) is 3. The van der Waals surface area contributed by atoms with E-state index in [2.05, 4.69) is 0 Å². The van der Waals surface area contributed by atoms with Crippen molar-refractivity contribution in [1.29, 1.82) is 0 Å². The second kappa shape index (κ2) is 6.50. The molecule has 0 bridgehead atoms. The zero-order valence-electron chi connectivity index (χ0n) is 11.9. The third kappa shape index (κ3) is 3.99. The van der Waals surface area contributed by atoms with E-state index in [4.69, 9.17) is 16.3 Å². The lowest BCUT2D eigenvalue weighted by Gasteiger charge is -2.12. The van der Waals surface area contributed by atoms with Crippen molar-refractivity contribution in [3.8, 4) is 5.75 Å². The molecule has 0 saturated carbocycles. The lowest BCUT2D eigenvalue weighted by molar-refractivity contribution is 0.340. The van der Waals surface area contributed by atoms with Crippen LogP contribution >= 0.6 is 11.6 Å². The highest BCUT2D eigenvalue weighted by atomic mass is 35.5. The number of halogens is 1. The Morgan fingerprint density at radius 3 is 2.33 bits per heavy atom. The number of alkyl halides is 1. The van der Waals surface area contributed by atoms with Crippen LogP contribution in [0.1, 0.15) is 23.4 Å². The summed E-state index contributed by atoms with van der Waals surface area (Å²) in [6.45, 7) is 2.54. The van der Waals surface area contributed by atoms with Gasteiger partial charge in [0.15, 0.2) is 9.84 Å². The number of rotatable bonds is 5. The quantitative estimate of drug-likeness (QED) is 0.785. The predicted molar refractivity (Wildman–Crippen MR) is 84.9 cm³/mol. The Bertz CT molecular complexity index is 709. The van der Waals surface area contributed by atoms with Gasteiger partial charge >= 0.3 is 0 Å². The second-order valence-corrected chi connectivity index (χ2v) is 7.16. The highest BCUT2D eigenvalue weighted by Gasteiger charge is 2.14. The minimum Gasteiger partial charge on any atom is -0.494 e. The summed E-state index contributed by atoms with van der Waals surface area (Å²) < 4.78 is 28.6. The fourth-order valence-corrected chi connectivity index (χ4v) is 2.95. The first-order valence-corrected chi connectivity index (χ1v) is 8.91. The van der Waals surface area contributed by atoms with Crippen LogP contribution in [-0.4, -0.2) is 21.3 Å². The highest BCUT2D eigenvalue weighted by Crippen LogP contribution is 2.31. The molecule has 0 aliphatic carbocycles. The van der Waals surface area contributed by atoms with Gasteiger partial charge in [-0.05, 0) is 42.3 Å². The number of ether oxygens (including phenoxy) is 1. The molecule has 1 unspecified atom stereocenters. The van der Waals surface area contributed by atoms with Gasteiger partial charge in [-0.2, -0.15) is 0 Å². The molecule has 1 atom stereocenters. The Labute approximate surface area is 130 Å². The maximum absolute atomic E-state index is 11.6. The summed E-state index contributed by atoms with van der Waals surface area (Å²) in [5.41, 5.74) is 1.65. The van der Waals surface area contributed by atoms with Crippen LogP contribution in [0.5, 0.6) is 5.75 Å². The predicted octanol–water partition coefficient (Wildman–Crippen LogP) is 3.82. The first kappa shape index (κ1) is 15.9. The molecule has 0 heterocycles. The van der Waals surface area contributed by atoms with Crippen molar-refractivity contribution < 1.29 is 13.2 Å². The topological polar surface area (TPSA) is 43.4 Å². The van der Waals surface area contributed by atoms with Gasteiger partial charge in [-0.1, -0.05) is 24.3 Å². The summed E-state index contributed by atoms with van der Waals surface area (Å²) in [7, 11) is -3.23. The van der Waals surface area contributed by atoms with Gasteiger partial charge in [0, 0.05) is 6.26 Å². The monoisotopic (exact) mass is 324 g/mol. The van der Waals surface area contributed by atoms with Gasteiger partial charge in [-0.15, -0.1) is 11.6 Å². The smallest absolute Gasteiger partial charge is 0.175 e. The number of benzene rings is 2. The summed E-state index contributed by atoms with van der Waals surface area (Å²) in [5.74, 6) is 0.787. The van der Waals surface area contributed by atoms with Crippen molar-refractivity contribution in [2.75, 3.05) is 12.9 Å². The molecule has 0 fully saturated rings. The Morgan fingerprint density at radius 1 is 1.10 bits per heavy atom. The Kier molecular flexibility index (Phi) is 4.91. The lowest BCUT2D eigenvalue weighted by Crippen LogP contribution is -2.00. The molecule has 0 spiro atoms. The van der Waals surface area contributed by atoms with Gasteiger partial charge < -0.3 is 4.74 Å².